The van der Waals surface area contributed by atoms with Gasteiger partial charge in [-0.15, -0.1) is 0 Å². The van der Waals surface area contributed by atoms with Gasteiger partial charge in [-0.25, -0.2) is 4.79 Å². The molecule has 0 saturated carbocycles. The minimum absolute atomic E-state index is 0.0723. The Balaban J connectivity index is 2.04. The van der Waals surface area contributed by atoms with Crippen LogP contribution in [0.2, 0.25) is 0 Å². The SMILES string of the molecule is Cc1cn([C@@H]2OC3(CO)CO[C@@H]2[C@@H]3O)c(=O)[nH]c1=O. The molecule has 19 heavy (non-hydrogen) atoms. The molecule has 0 radical (unpaired) electrons. The van der Waals surface area contributed by atoms with Crippen LogP contribution in [0.15, 0.2) is 15.8 Å². The molecular formula is C11H14N2O6. The number of aromatic amines is 1. The number of hydrogen-bond acceptors (Lipinski definition) is 6. The first-order valence-corrected chi connectivity index (χ1v) is 5.89. The summed E-state index contributed by atoms with van der Waals surface area (Å²) in [5.74, 6) is 0. The summed E-state index contributed by atoms with van der Waals surface area (Å²) in [6.45, 7) is 1.22. The molecule has 0 aromatic carbocycles. The van der Waals surface area contributed by atoms with Crippen LogP contribution in [0.4, 0.5) is 0 Å². The van der Waals surface area contributed by atoms with Crippen molar-refractivity contribution in [1.29, 1.82) is 0 Å². The lowest BCUT2D eigenvalue weighted by atomic mass is 10.0. The summed E-state index contributed by atoms with van der Waals surface area (Å²) in [6, 6.07) is 0. The van der Waals surface area contributed by atoms with E-state index in [9.17, 15) is 19.8 Å². The second-order valence-electron chi connectivity index (χ2n) is 4.93. The fourth-order valence-corrected chi connectivity index (χ4v) is 2.53. The molecule has 2 bridgehead atoms. The van der Waals surface area contributed by atoms with Crippen LogP contribution in [0.25, 0.3) is 0 Å². The van der Waals surface area contributed by atoms with E-state index in [1.54, 1.807) is 6.92 Å². The summed E-state index contributed by atoms with van der Waals surface area (Å²) in [7, 11) is 0. The lowest BCUT2D eigenvalue weighted by Gasteiger charge is -2.29. The van der Waals surface area contributed by atoms with Crippen LogP contribution in [0.5, 0.6) is 0 Å². The van der Waals surface area contributed by atoms with Crippen molar-refractivity contribution in [3.05, 3.63) is 32.6 Å². The van der Waals surface area contributed by atoms with Crippen molar-refractivity contribution < 1.29 is 19.7 Å². The van der Waals surface area contributed by atoms with Gasteiger partial charge < -0.3 is 19.7 Å². The lowest BCUT2D eigenvalue weighted by Crippen LogP contribution is -2.44. The molecule has 8 heteroatoms. The number of fused-ring (bicyclic) bond motifs is 2. The van der Waals surface area contributed by atoms with E-state index in [2.05, 4.69) is 4.98 Å². The first kappa shape index (κ1) is 12.5. The van der Waals surface area contributed by atoms with Gasteiger partial charge in [0.2, 0.25) is 0 Å². The van der Waals surface area contributed by atoms with Crippen LogP contribution in [0.3, 0.4) is 0 Å². The quantitative estimate of drug-likeness (QED) is 0.565. The Hall–Kier alpha value is -1.48. The molecule has 104 valence electrons. The van der Waals surface area contributed by atoms with Gasteiger partial charge >= 0.3 is 5.69 Å². The molecule has 0 amide bonds. The van der Waals surface area contributed by atoms with Gasteiger partial charge in [-0.3, -0.25) is 14.3 Å². The Bertz CT molecular complexity index is 622. The zero-order valence-electron chi connectivity index (χ0n) is 10.2. The van der Waals surface area contributed by atoms with E-state index in [1.165, 1.54) is 10.8 Å². The fraction of sp³-hybridized carbons (Fsp3) is 0.636. The fourth-order valence-electron chi connectivity index (χ4n) is 2.53. The molecule has 3 rings (SSSR count). The van der Waals surface area contributed by atoms with E-state index in [1.807, 2.05) is 0 Å². The van der Waals surface area contributed by atoms with Crippen LogP contribution < -0.4 is 11.2 Å². The highest BCUT2D eigenvalue weighted by Crippen LogP contribution is 2.44. The molecule has 2 aliphatic heterocycles. The van der Waals surface area contributed by atoms with Crippen molar-refractivity contribution >= 4 is 0 Å². The molecule has 0 aliphatic carbocycles. The molecular weight excluding hydrogens is 256 g/mol. The third-order valence-corrected chi connectivity index (χ3v) is 3.69. The summed E-state index contributed by atoms with van der Waals surface area (Å²) in [5, 5.41) is 19.4. The molecule has 2 saturated heterocycles. The minimum Gasteiger partial charge on any atom is -0.393 e. The van der Waals surface area contributed by atoms with Crippen LogP contribution in [0.1, 0.15) is 11.8 Å². The van der Waals surface area contributed by atoms with Crippen molar-refractivity contribution in [2.45, 2.75) is 31.0 Å². The van der Waals surface area contributed by atoms with E-state index in [4.69, 9.17) is 9.47 Å². The Morgan fingerprint density at radius 1 is 1.58 bits per heavy atom. The highest BCUT2D eigenvalue weighted by molar-refractivity contribution is 5.09. The van der Waals surface area contributed by atoms with Gasteiger partial charge in [0, 0.05) is 11.8 Å². The van der Waals surface area contributed by atoms with Gasteiger partial charge in [-0.05, 0) is 6.92 Å². The molecule has 1 aromatic heterocycles. The van der Waals surface area contributed by atoms with Crippen molar-refractivity contribution in [3.63, 3.8) is 0 Å². The van der Waals surface area contributed by atoms with Crippen molar-refractivity contribution in [3.8, 4) is 0 Å². The number of nitrogens with one attached hydrogen (secondary N) is 1. The Kier molecular flexibility index (Phi) is 2.65. The average Bonchev–Trinajstić information content (AvgIpc) is 2.85. The third kappa shape index (κ3) is 1.61. The maximum Gasteiger partial charge on any atom is 0.330 e. The van der Waals surface area contributed by atoms with Gasteiger partial charge in [-0.2, -0.15) is 0 Å². The van der Waals surface area contributed by atoms with E-state index in [0.717, 1.165) is 0 Å². The monoisotopic (exact) mass is 270 g/mol. The number of aliphatic hydroxyl groups excluding tert-OH is 2. The van der Waals surface area contributed by atoms with Crippen molar-refractivity contribution in [2.24, 2.45) is 0 Å². The van der Waals surface area contributed by atoms with E-state index in [-0.39, 0.29) is 6.61 Å². The van der Waals surface area contributed by atoms with Crippen LogP contribution in [0, 0.1) is 6.92 Å². The van der Waals surface area contributed by atoms with Crippen molar-refractivity contribution in [1.82, 2.24) is 9.55 Å². The summed E-state index contributed by atoms with van der Waals surface area (Å²) >= 11 is 0. The number of rotatable bonds is 2. The van der Waals surface area contributed by atoms with E-state index < -0.39 is 41.9 Å². The summed E-state index contributed by atoms with van der Waals surface area (Å²) < 4.78 is 12.1. The Morgan fingerprint density at radius 2 is 2.32 bits per heavy atom. The molecule has 1 aromatic rings. The molecule has 0 spiro atoms. The molecule has 3 heterocycles. The summed E-state index contributed by atoms with van der Waals surface area (Å²) in [4.78, 5) is 25.3. The minimum atomic E-state index is -1.20. The predicted molar refractivity (Wildman–Crippen MR) is 61.7 cm³/mol. The molecule has 8 nitrogen and oxygen atoms in total. The van der Waals surface area contributed by atoms with Crippen LogP contribution in [-0.4, -0.2) is 50.8 Å². The van der Waals surface area contributed by atoms with Crippen LogP contribution in [-0.2, 0) is 9.47 Å². The van der Waals surface area contributed by atoms with E-state index >= 15 is 0 Å². The van der Waals surface area contributed by atoms with Gasteiger partial charge in [0.15, 0.2) is 6.23 Å². The number of H-pyrrole nitrogens is 1. The van der Waals surface area contributed by atoms with Gasteiger partial charge in [0.05, 0.1) is 13.2 Å². The Morgan fingerprint density at radius 3 is 2.95 bits per heavy atom. The first-order chi connectivity index (χ1) is 8.98. The average molecular weight is 270 g/mol. The smallest absolute Gasteiger partial charge is 0.330 e. The molecule has 4 atom stereocenters. The largest absolute Gasteiger partial charge is 0.393 e. The molecule has 2 aliphatic rings. The number of ether oxygens (including phenoxy) is 2. The summed E-state index contributed by atoms with van der Waals surface area (Å²) in [6.07, 6.45) is -1.26. The molecule has 1 unspecified atom stereocenters. The summed E-state index contributed by atoms with van der Waals surface area (Å²) in [5.41, 5.74) is -1.96. The number of nitrogens with zero attached hydrogens (tertiary/aromatic N) is 1. The second-order valence-corrected chi connectivity index (χ2v) is 4.93. The van der Waals surface area contributed by atoms with Gasteiger partial charge in [-0.1, -0.05) is 0 Å². The topological polar surface area (TPSA) is 114 Å². The normalized spacial score (nSPS) is 36.9. The standard InChI is InChI=1S/C11H14N2O6/c1-5-2-13(10(17)12-8(5)16)9-6-7(15)11(3-14,19-9)4-18-6/h2,6-7,9,14-15H,3-4H2,1H3,(H,12,16,17)/t6-,7+,9-,11?/m1/s1. The zero-order chi connectivity index (χ0) is 13.8. The van der Waals surface area contributed by atoms with Gasteiger partial charge in [0.1, 0.15) is 17.8 Å². The first-order valence-electron chi connectivity index (χ1n) is 5.89. The predicted octanol–water partition coefficient (Wildman–Crippen LogP) is -2.14. The molecule has 3 N–H and O–H groups in total. The highest BCUT2D eigenvalue weighted by Gasteiger charge is 2.61. The molecule has 2 fully saturated rings. The zero-order valence-corrected chi connectivity index (χ0v) is 10.2. The number of aryl methyl sites for hydroxylation is 1. The highest BCUT2D eigenvalue weighted by atomic mass is 16.7. The van der Waals surface area contributed by atoms with Crippen molar-refractivity contribution in [2.75, 3.05) is 13.2 Å². The van der Waals surface area contributed by atoms with E-state index in [0.29, 0.717) is 5.56 Å². The van der Waals surface area contributed by atoms with Crippen LogP contribution >= 0.6 is 0 Å². The second kappa shape index (κ2) is 4.01. The van der Waals surface area contributed by atoms with Gasteiger partial charge in [0.25, 0.3) is 5.56 Å². The third-order valence-electron chi connectivity index (χ3n) is 3.69. The number of aliphatic hydroxyl groups is 2. The number of aromatic nitrogens is 2. The number of hydrogen-bond donors (Lipinski definition) is 3. The maximum absolute atomic E-state index is 11.8. The lowest BCUT2D eigenvalue weighted by molar-refractivity contribution is -0.187. The Labute approximate surface area is 107 Å². The maximum atomic E-state index is 11.8.